The minimum absolute atomic E-state index is 0.240. The SMILES string of the molecule is CCC(C)(C)C(=O)C(=O)N1CCCC[C@H]1C(=O)OC(CCc1ccc(OC)c(OC)c1)c1cccc(NC(C)C)c1. The van der Waals surface area contributed by atoms with E-state index in [1.807, 2.05) is 49.4 Å². The predicted molar refractivity (Wildman–Crippen MR) is 160 cm³/mol. The molecule has 0 bridgehead atoms. The summed E-state index contributed by atoms with van der Waals surface area (Å²) in [4.78, 5) is 41.5. The summed E-state index contributed by atoms with van der Waals surface area (Å²) in [5.41, 5.74) is 2.03. The van der Waals surface area contributed by atoms with Crippen molar-refractivity contribution in [2.75, 3.05) is 26.1 Å². The van der Waals surface area contributed by atoms with Gasteiger partial charge in [0.05, 0.1) is 14.2 Å². The summed E-state index contributed by atoms with van der Waals surface area (Å²) in [7, 11) is 3.20. The van der Waals surface area contributed by atoms with Gasteiger partial charge >= 0.3 is 5.97 Å². The van der Waals surface area contributed by atoms with Crippen molar-refractivity contribution < 1.29 is 28.6 Å². The number of nitrogens with zero attached hydrogens (tertiary/aromatic N) is 1. The van der Waals surface area contributed by atoms with Crippen molar-refractivity contribution in [3.8, 4) is 11.5 Å². The summed E-state index contributed by atoms with van der Waals surface area (Å²) in [6.45, 7) is 9.93. The highest BCUT2D eigenvalue weighted by Gasteiger charge is 2.41. The highest BCUT2D eigenvalue weighted by molar-refractivity contribution is 6.38. The van der Waals surface area contributed by atoms with Gasteiger partial charge in [-0.2, -0.15) is 0 Å². The molecule has 0 aliphatic carbocycles. The number of likely N-dealkylation sites (tertiary alicyclic amines) is 1. The first kappa shape index (κ1) is 32.0. The number of ketones is 1. The Hall–Kier alpha value is -3.55. The van der Waals surface area contributed by atoms with Crippen molar-refractivity contribution in [1.82, 2.24) is 4.90 Å². The van der Waals surface area contributed by atoms with Crippen LogP contribution < -0.4 is 14.8 Å². The normalized spacial score (nSPS) is 16.2. The standard InChI is InChI=1S/C33H46N2O6/c1-8-33(4,5)30(36)31(37)35-19-10-9-14-26(35)32(38)41-27(24-12-11-13-25(21-24)34-22(2)3)17-15-23-16-18-28(39-6)29(20-23)40-7/h11-13,16,18,20-22,26-27,34H,8-10,14-15,17,19H2,1-7H3/t26-,27?/m0/s1. The van der Waals surface area contributed by atoms with Crippen molar-refractivity contribution in [3.05, 3.63) is 53.6 Å². The molecule has 1 aliphatic rings. The van der Waals surface area contributed by atoms with Gasteiger partial charge in [-0.05, 0) is 87.8 Å². The lowest BCUT2D eigenvalue weighted by Gasteiger charge is -2.36. The van der Waals surface area contributed by atoms with E-state index in [0.29, 0.717) is 43.7 Å². The van der Waals surface area contributed by atoms with Gasteiger partial charge in [0.25, 0.3) is 5.91 Å². The number of nitrogens with one attached hydrogen (secondary N) is 1. The lowest BCUT2D eigenvalue weighted by Crippen LogP contribution is -2.53. The van der Waals surface area contributed by atoms with Crippen LogP contribution in [0, 0.1) is 5.41 Å². The second-order valence-corrected chi connectivity index (χ2v) is 11.7. The number of carbonyl (C=O) groups excluding carboxylic acids is 3. The monoisotopic (exact) mass is 566 g/mol. The third kappa shape index (κ3) is 8.24. The zero-order chi connectivity index (χ0) is 30.2. The third-order valence-corrected chi connectivity index (χ3v) is 7.84. The number of benzene rings is 2. The van der Waals surface area contributed by atoms with Gasteiger partial charge in [0, 0.05) is 23.7 Å². The first-order valence-corrected chi connectivity index (χ1v) is 14.6. The number of piperidine rings is 1. The van der Waals surface area contributed by atoms with E-state index in [-0.39, 0.29) is 6.04 Å². The Morgan fingerprint density at radius 3 is 2.41 bits per heavy atom. The van der Waals surface area contributed by atoms with Gasteiger partial charge < -0.3 is 24.4 Å². The maximum Gasteiger partial charge on any atom is 0.329 e. The van der Waals surface area contributed by atoms with Crippen LogP contribution in [0.2, 0.25) is 0 Å². The Kier molecular flexibility index (Phi) is 11.2. The van der Waals surface area contributed by atoms with Crippen molar-refractivity contribution in [2.24, 2.45) is 5.41 Å². The topological polar surface area (TPSA) is 94.2 Å². The van der Waals surface area contributed by atoms with Crippen molar-refractivity contribution in [2.45, 2.75) is 91.3 Å². The lowest BCUT2D eigenvalue weighted by atomic mass is 9.84. The van der Waals surface area contributed by atoms with Crippen LogP contribution >= 0.6 is 0 Å². The van der Waals surface area contributed by atoms with Crippen LogP contribution in [0.15, 0.2) is 42.5 Å². The molecule has 0 spiro atoms. The van der Waals surface area contributed by atoms with Gasteiger partial charge in [-0.15, -0.1) is 0 Å². The molecule has 41 heavy (non-hydrogen) atoms. The zero-order valence-corrected chi connectivity index (χ0v) is 25.6. The van der Waals surface area contributed by atoms with Gasteiger partial charge in [-0.25, -0.2) is 4.79 Å². The van der Waals surface area contributed by atoms with E-state index in [0.717, 1.165) is 29.7 Å². The number of rotatable bonds is 13. The first-order valence-electron chi connectivity index (χ1n) is 14.6. The quantitative estimate of drug-likeness (QED) is 0.230. The highest BCUT2D eigenvalue weighted by atomic mass is 16.5. The van der Waals surface area contributed by atoms with Crippen molar-refractivity contribution >= 4 is 23.3 Å². The van der Waals surface area contributed by atoms with E-state index >= 15 is 0 Å². The summed E-state index contributed by atoms with van der Waals surface area (Å²) < 4.78 is 17.0. The number of amides is 1. The summed E-state index contributed by atoms with van der Waals surface area (Å²) in [6, 6.07) is 13.1. The average molecular weight is 567 g/mol. The highest BCUT2D eigenvalue weighted by Crippen LogP contribution is 2.32. The van der Waals surface area contributed by atoms with Crippen LogP contribution in [0.1, 0.15) is 84.0 Å². The van der Waals surface area contributed by atoms with Gasteiger partial charge in [-0.1, -0.05) is 39.0 Å². The number of ether oxygens (including phenoxy) is 3. The minimum atomic E-state index is -0.784. The van der Waals surface area contributed by atoms with E-state index in [1.165, 1.54) is 4.90 Å². The Bertz CT molecular complexity index is 1210. The molecule has 1 amide bonds. The summed E-state index contributed by atoms with van der Waals surface area (Å²) in [5, 5.41) is 3.41. The van der Waals surface area contributed by atoms with Crippen LogP contribution in [0.4, 0.5) is 5.69 Å². The Morgan fingerprint density at radius 1 is 1.02 bits per heavy atom. The second kappa shape index (κ2) is 14.4. The number of esters is 1. The number of anilines is 1. The largest absolute Gasteiger partial charge is 0.493 e. The minimum Gasteiger partial charge on any atom is -0.493 e. The molecule has 1 saturated heterocycles. The van der Waals surface area contributed by atoms with E-state index < -0.39 is 35.2 Å². The molecule has 2 aromatic rings. The molecular formula is C33H46N2O6. The van der Waals surface area contributed by atoms with Gasteiger partial charge in [-0.3, -0.25) is 9.59 Å². The molecule has 2 atom stereocenters. The number of aryl methyl sites for hydroxylation is 1. The van der Waals surface area contributed by atoms with Crippen LogP contribution in [-0.2, 0) is 25.5 Å². The lowest BCUT2D eigenvalue weighted by molar-refractivity contribution is -0.164. The summed E-state index contributed by atoms with van der Waals surface area (Å²) in [6.07, 6.45) is 3.15. The maximum absolute atomic E-state index is 13.7. The molecule has 3 rings (SSSR count). The second-order valence-electron chi connectivity index (χ2n) is 11.7. The summed E-state index contributed by atoms with van der Waals surface area (Å²) >= 11 is 0. The van der Waals surface area contributed by atoms with Gasteiger partial charge in [0.15, 0.2) is 11.5 Å². The van der Waals surface area contributed by atoms with E-state index in [1.54, 1.807) is 28.1 Å². The fourth-order valence-electron chi connectivity index (χ4n) is 5.01. The van der Waals surface area contributed by atoms with Crippen LogP contribution in [0.5, 0.6) is 11.5 Å². The molecule has 2 aromatic carbocycles. The Morgan fingerprint density at radius 2 is 1.76 bits per heavy atom. The van der Waals surface area contributed by atoms with Gasteiger partial charge in [0.1, 0.15) is 12.1 Å². The fourth-order valence-corrected chi connectivity index (χ4v) is 5.01. The number of Topliss-reactive ketones (excluding diaryl/α,β-unsaturated/α-hetero) is 1. The Balaban J connectivity index is 1.87. The molecule has 224 valence electrons. The zero-order valence-electron chi connectivity index (χ0n) is 25.6. The van der Waals surface area contributed by atoms with Crippen LogP contribution in [0.3, 0.4) is 0 Å². The maximum atomic E-state index is 13.7. The molecule has 1 heterocycles. The molecular weight excluding hydrogens is 520 g/mol. The molecule has 1 aliphatic heterocycles. The molecule has 0 saturated carbocycles. The third-order valence-electron chi connectivity index (χ3n) is 7.84. The molecule has 8 nitrogen and oxygen atoms in total. The number of carbonyl (C=O) groups is 3. The number of hydrogen-bond acceptors (Lipinski definition) is 7. The van der Waals surface area contributed by atoms with Gasteiger partial charge in [0.2, 0.25) is 5.78 Å². The van der Waals surface area contributed by atoms with Crippen LogP contribution in [-0.4, -0.2) is 55.4 Å². The fraction of sp³-hybridized carbons (Fsp3) is 0.545. The van der Waals surface area contributed by atoms with E-state index in [2.05, 4.69) is 19.2 Å². The molecule has 1 unspecified atom stereocenters. The summed E-state index contributed by atoms with van der Waals surface area (Å²) in [5.74, 6) is -0.243. The smallest absolute Gasteiger partial charge is 0.329 e. The molecule has 0 radical (unpaired) electrons. The molecule has 1 N–H and O–H groups in total. The van der Waals surface area contributed by atoms with Crippen LogP contribution in [0.25, 0.3) is 0 Å². The first-order chi connectivity index (χ1) is 19.5. The molecule has 1 fully saturated rings. The number of hydrogen-bond donors (Lipinski definition) is 1. The molecule has 8 heteroatoms. The average Bonchev–Trinajstić information content (AvgIpc) is 2.97. The predicted octanol–water partition coefficient (Wildman–Crippen LogP) is 6.13. The number of methoxy groups -OCH3 is 2. The van der Waals surface area contributed by atoms with E-state index in [4.69, 9.17) is 14.2 Å². The van der Waals surface area contributed by atoms with E-state index in [9.17, 15) is 14.4 Å². The molecule has 0 aromatic heterocycles. The Labute approximate surface area is 244 Å². The van der Waals surface area contributed by atoms with Crippen molar-refractivity contribution in [3.63, 3.8) is 0 Å². The van der Waals surface area contributed by atoms with Crippen molar-refractivity contribution in [1.29, 1.82) is 0 Å².